The van der Waals surface area contributed by atoms with Gasteiger partial charge >= 0.3 is 0 Å². The van der Waals surface area contributed by atoms with E-state index in [0.29, 0.717) is 44.4 Å². The number of carbonyl (C=O) groups excluding carboxylic acids is 1. The predicted molar refractivity (Wildman–Crippen MR) is 87.3 cm³/mol. The monoisotopic (exact) mass is 312 g/mol. The highest BCUT2D eigenvalue weighted by Gasteiger charge is 2.19. The van der Waals surface area contributed by atoms with Crippen molar-refractivity contribution < 1.29 is 9.53 Å². The summed E-state index contributed by atoms with van der Waals surface area (Å²) in [4.78, 5) is 14.0. The number of hydrogen-bond acceptors (Lipinski definition) is 5. The van der Waals surface area contributed by atoms with Gasteiger partial charge in [-0.3, -0.25) is 4.79 Å². The molecule has 2 aromatic rings. The summed E-state index contributed by atoms with van der Waals surface area (Å²) in [7, 11) is 0. The second-order valence-electron chi connectivity index (χ2n) is 5.55. The largest absolute Gasteiger partial charge is 0.378 e. The Labute approximate surface area is 135 Å². The van der Waals surface area contributed by atoms with Gasteiger partial charge in [0.2, 0.25) is 0 Å². The molecular weight excluding hydrogens is 292 g/mol. The summed E-state index contributed by atoms with van der Waals surface area (Å²) in [6, 6.07) is 11.8. The number of anilines is 1. The van der Waals surface area contributed by atoms with E-state index in [1.807, 2.05) is 0 Å². The van der Waals surface area contributed by atoms with Crippen molar-refractivity contribution in [2.45, 2.75) is 13.5 Å². The van der Waals surface area contributed by atoms with Crippen molar-refractivity contribution in [3.8, 4) is 0 Å². The summed E-state index contributed by atoms with van der Waals surface area (Å²) >= 11 is 0. The topological polar surface area (TPSA) is 67.4 Å². The third-order valence-corrected chi connectivity index (χ3v) is 3.78. The number of ether oxygens (including phenoxy) is 1. The van der Waals surface area contributed by atoms with Crippen LogP contribution in [0.3, 0.4) is 0 Å². The number of amides is 1. The number of aryl methyl sites for hydroxylation is 1. The van der Waals surface area contributed by atoms with Crippen LogP contribution in [-0.4, -0.2) is 47.3 Å². The molecule has 0 saturated carbocycles. The van der Waals surface area contributed by atoms with Crippen molar-refractivity contribution in [2.75, 3.05) is 31.6 Å². The standard InChI is InChI=1S/C17H20N4O2/c1-13-2-4-14(5-3-13)12-18-16-7-6-15(19-20-16)17(22)21-8-10-23-11-9-21/h2-7H,8-12H2,1H3,(H,18,20). The average Bonchev–Trinajstić information content (AvgIpc) is 2.62. The predicted octanol–water partition coefficient (Wildman–Crippen LogP) is 1.87. The van der Waals surface area contributed by atoms with E-state index in [0.717, 1.165) is 0 Å². The maximum Gasteiger partial charge on any atom is 0.274 e. The number of benzene rings is 1. The van der Waals surface area contributed by atoms with Gasteiger partial charge in [-0.2, -0.15) is 0 Å². The Morgan fingerprint density at radius 3 is 2.52 bits per heavy atom. The van der Waals surface area contributed by atoms with Gasteiger partial charge in [-0.05, 0) is 24.6 Å². The van der Waals surface area contributed by atoms with Crippen molar-refractivity contribution >= 4 is 11.7 Å². The highest BCUT2D eigenvalue weighted by atomic mass is 16.5. The lowest BCUT2D eigenvalue weighted by molar-refractivity contribution is 0.0298. The lowest BCUT2D eigenvalue weighted by Gasteiger charge is -2.26. The van der Waals surface area contributed by atoms with Crippen LogP contribution in [-0.2, 0) is 11.3 Å². The first kappa shape index (κ1) is 15.4. The molecule has 0 radical (unpaired) electrons. The number of aromatic nitrogens is 2. The van der Waals surface area contributed by atoms with Crippen molar-refractivity contribution in [3.63, 3.8) is 0 Å². The number of rotatable bonds is 4. The zero-order valence-electron chi connectivity index (χ0n) is 13.2. The van der Waals surface area contributed by atoms with Gasteiger partial charge in [-0.15, -0.1) is 10.2 Å². The van der Waals surface area contributed by atoms with E-state index in [1.54, 1.807) is 17.0 Å². The molecule has 1 aliphatic rings. The Morgan fingerprint density at radius 2 is 1.87 bits per heavy atom. The molecule has 1 aromatic carbocycles. The molecular formula is C17H20N4O2. The summed E-state index contributed by atoms with van der Waals surface area (Å²) in [6.07, 6.45) is 0. The quantitative estimate of drug-likeness (QED) is 0.933. The molecule has 3 rings (SSSR count). The second kappa shape index (κ2) is 7.19. The van der Waals surface area contributed by atoms with E-state index >= 15 is 0 Å². The summed E-state index contributed by atoms with van der Waals surface area (Å²) < 4.78 is 5.25. The fourth-order valence-corrected chi connectivity index (χ4v) is 2.37. The summed E-state index contributed by atoms with van der Waals surface area (Å²) in [5, 5.41) is 11.3. The minimum absolute atomic E-state index is 0.0918. The van der Waals surface area contributed by atoms with E-state index in [4.69, 9.17) is 4.74 Å². The molecule has 1 fully saturated rings. The molecule has 1 saturated heterocycles. The molecule has 1 aliphatic heterocycles. The van der Waals surface area contributed by atoms with Crippen LogP contribution in [0.2, 0.25) is 0 Å². The third-order valence-electron chi connectivity index (χ3n) is 3.78. The Bertz CT molecular complexity index is 649. The van der Waals surface area contributed by atoms with Gasteiger partial charge in [0, 0.05) is 19.6 Å². The molecule has 2 heterocycles. The molecule has 0 bridgehead atoms. The molecule has 120 valence electrons. The number of carbonyl (C=O) groups is 1. The van der Waals surface area contributed by atoms with Gasteiger partial charge in [0.25, 0.3) is 5.91 Å². The van der Waals surface area contributed by atoms with E-state index in [2.05, 4.69) is 46.7 Å². The molecule has 1 amide bonds. The molecule has 0 spiro atoms. The molecule has 0 unspecified atom stereocenters. The normalized spacial score (nSPS) is 14.6. The van der Waals surface area contributed by atoms with Crippen LogP contribution in [0.4, 0.5) is 5.82 Å². The summed E-state index contributed by atoms with van der Waals surface area (Å²) in [5.41, 5.74) is 2.78. The van der Waals surface area contributed by atoms with Gasteiger partial charge in [0.05, 0.1) is 13.2 Å². The first-order chi connectivity index (χ1) is 11.2. The van der Waals surface area contributed by atoms with Crippen LogP contribution in [0.1, 0.15) is 21.6 Å². The minimum Gasteiger partial charge on any atom is -0.378 e. The highest BCUT2D eigenvalue weighted by Crippen LogP contribution is 2.09. The summed E-state index contributed by atoms with van der Waals surface area (Å²) in [5.74, 6) is 0.565. The first-order valence-corrected chi connectivity index (χ1v) is 7.72. The maximum atomic E-state index is 12.3. The van der Waals surface area contributed by atoms with Gasteiger partial charge in [-0.25, -0.2) is 0 Å². The zero-order valence-corrected chi connectivity index (χ0v) is 13.2. The van der Waals surface area contributed by atoms with Gasteiger partial charge in [0.15, 0.2) is 5.69 Å². The first-order valence-electron chi connectivity index (χ1n) is 7.72. The van der Waals surface area contributed by atoms with Crippen molar-refractivity contribution in [2.24, 2.45) is 0 Å². The highest BCUT2D eigenvalue weighted by molar-refractivity contribution is 5.92. The molecule has 23 heavy (non-hydrogen) atoms. The third kappa shape index (κ3) is 4.04. The molecule has 6 nitrogen and oxygen atoms in total. The van der Waals surface area contributed by atoms with Crippen molar-refractivity contribution in [3.05, 3.63) is 53.2 Å². The smallest absolute Gasteiger partial charge is 0.274 e. The van der Waals surface area contributed by atoms with Gasteiger partial charge in [-0.1, -0.05) is 29.8 Å². The Kier molecular flexibility index (Phi) is 4.83. The lowest BCUT2D eigenvalue weighted by atomic mass is 10.1. The molecule has 0 aliphatic carbocycles. The number of hydrogen-bond donors (Lipinski definition) is 1. The number of nitrogens with zero attached hydrogens (tertiary/aromatic N) is 3. The summed E-state index contributed by atoms with van der Waals surface area (Å²) in [6.45, 7) is 5.10. The second-order valence-corrected chi connectivity index (χ2v) is 5.55. The zero-order chi connectivity index (χ0) is 16.1. The van der Waals surface area contributed by atoms with Gasteiger partial charge < -0.3 is 15.0 Å². The Balaban J connectivity index is 1.58. The fraction of sp³-hybridized carbons (Fsp3) is 0.353. The maximum absolute atomic E-state index is 12.3. The van der Waals surface area contributed by atoms with E-state index in [9.17, 15) is 4.79 Å². The van der Waals surface area contributed by atoms with Crippen LogP contribution in [0.15, 0.2) is 36.4 Å². The number of nitrogens with one attached hydrogen (secondary N) is 1. The van der Waals surface area contributed by atoms with Crippen molar-refractivity contribution in [1.82, 2.24) is 15.1 Å². The van der Waals surface area contributed by atoms with E-state index in [1.165, 1.54) is 11.1 Å². The van der Waals surface area contributed by atoms with E-state index in [-0.39, 0.29) is 5.91 Å². The molecule has 1 aromatic heterocycles. The molecule has 1 N–H and O–H groups in total. The van der Waals surface area contributed by atoms with Crippen molar-refractivity contribution in [1.29, 1.82) is 0 Å². The Hall–Kier alpha value is -2.47. The van der Waals surface area contributed by atoms with E-state index < -0.39 is 0 Å². The molecule has 6 heteroatoms. The fourth-order valence-electron chi connectivity index (χ4n) is 2.37. The lowest BCUT2D eigenvalue weighted by Crippen LogP contribution is -2.41. The van der Waals surface area contributed by atoms with Crippen LogP contribution in [0, 0.1) is 6.92 Å². The van der Waals surface area contributed by atoms with Crippen LogP contribution in [0.25, 0.3) is 0 Å². The molecule has 0 atom stereocenters. The SMILES string of the molecule is Cc1ccc(CNc2ccc(C(=O)N3CCOCC3)nn2)cc1. The Morgan fingerprint density at radius 1 is 1.13 bits per heavy atom. The number of morpholine rings is 1. The van der Waals surface area contributed by atoms with Crippen LogP contribution >= 0.6 is 0 Å². The minimum atomic E-state index is -0.0918. The van der Waals surface area contributed by atoms with Crippen LogP contribution in [0.5, 0.6) is 0 Å². The van der Waals surface area contributed by atoms with Gasteiger partial charge in [0.1, 0.15) is 5.82 Å². The average molecular weight is 312 g/mol. The van der Waals surface area contributed by atoms with Crippen LogP contribution < -0.4 is 5.32 Å².